The summed E-state index contributed by atoms with van der Waals surface area (Å²) in [5.74, 6) is 1.20. The van der Waals surface area contributed by atoms with E-state index in [1.165, 1.54) is 16.1 Å². The third kappa shape index (κ3) is 4.27. The van der Waals surface area contributed by atoms with Crippen LogP contribution >= 0.6 is 65.5 Å². The molecule has 0 spiro atoms. The lowest BCUT2D eigenvalue weighted by Gasteiger charge is -1.71. The van der Waals surface area contributed by atoms with E-state index in [2.05, 4.69) is 11.5 Å². The Kier molecular flexibility index (Phi) is 5.85. The van der Waals surface area contributed by atoms with Crippen molar-refractivity contribution in [2.75, 3.05) is 5.75 Å². The fraction of sp³-hybridized carbons (Fsp3) is 0.167. The maximum Gasteiger partial charge on any atom is 0.263 e. The molecule has 2 rings (SSSR count). The van der Waals surface area contributed by atoms with Crippen molar-refractivity contribution in [3.8, 4) is 0 Å². The number of hydrogen-bond donors (Lipinski definition) is 0. The second-order valence-corrected chi connectivity index (χ2v) is 7.20. The predicted molar refractivity (Wildman–Crippen MR) is 67.7 cm³/mol. The zero-order valence-electron chi connectivity index (χ0n) is 6.16. The molecule has 0 aromatic carbocycles. The minimum atomic E-state index is -0.151. The van der Waals surface area contributed by atoms with Crippen LogP contribution in [0.2, 0.25) is 9.36 Å². The van der Waals surface area contributed by atoms with Gasteiger partial charge in [0.1, 0.15) is 9.36 Å². The van der Waals surface area contributed by atoms with Gasteiger partial charge in [0.15, 0.2) is 0 Å². The van der Waals surface area contributed by atoms with Gasteiger partial charge in [0.05, 0.1) is 0 Å². The van der Waals surface area contributed by atoms with Crippen LogP contribution in [-0.4, -0.2) is 5.75 Å². The first-order chi connectivity index (χ1) is 6.22. The highest BCUT2D eigenvalue weighted by molar-refractivity contribution is 8.78. The smallest absolute Gasteiger partial charge is 0.263 e. The van der Waals surface area contributed by atoms with E-state index in [1.807, 2.05) is 21.6 Å². The second-order valence-electron chi connectivity index (χ2n) is 1.79. The standard InChI is InChI=1S/C3Cl2OS2.C3H4S2/c4-1-2(5)7-8-3(1)6;1-2-4-5-3-1/h;1-2H,3H2. The van der Waals surface area contributed by atoms with Crippen LogP contribution in [0.3, 0.4) is 0 Å². The molecule has 1 aliphatic heterocycles. The minimum Gasteiger partial charge on any atom is -0.275 e. The second kappa shape index (κ2) is 6.37. The third-order valence-electron chi connectivity index (χ3n) is 0.926. The summed E-state index contributed by atoms with van der Waals surface area (Å²) in [5, 5.41) is 2.27. The van der Waals surface area contributed by atoms with Crippen molar-refractivity contribution < 1.29 is 0 Å². The predicted octanol–water partition coefficient (Wildman–Crippen LogP) is 4.37. The molecule has 0 bridgehead atoms. The molecule has 0 amide bonds. The Morgan fingerprint density at radius 3 is 2.23 bits per heavy atom. The molecule has 7 heteroatoms. The molecular formula is C6H4Cl2OS4. The van der Waals surface area contributed by atoms with E-state index in [4.69, 9.17) is 23.2 Å². The van der Waals surface area contributed by atoms with Gasteiger partial charge in [-0.15, -0.1) is 0 Å². The Labute approximate surface area is 101 Å². The topological polar surface area (TPSA) is 17.1 Å². The van der Waals surface area contributed by atoms with Crippen molar-refractivity contribution in [1.82, 2.24) is 0 Å². The summed E-state index contributed by atoms with van der Waals surface area (Å²) in [7, 11) is 5.94. The molecule has 0 atom stereocenters. The minimum absolute atomic E-state index is 0.151. The average Bonchev–Trinajstić information content (AvgIpc) is 2.75. The zero-order chi connectivity index (χ0) is 9.68. The molecular weight excluding hydrogens is 287 g/mol. The van der Waals surface area contributed by atoms with Gasteiger partial charge in [-0.05, 0) is 15.7 Å². The van der Waals surface area contributed by atoms with E-state index in [0.29, 0.717) is 4.34 Å². The Morgan fingerprint density at radius 1 is 1.31 bits per heavy atom. The van der Waals surface area contributed by atoms with Crippen LogP contribution in [0.5, 0.6) is 0 Å². The van der Waals surface area contributed by atoms with Crippen molar-refractivity contribution >= 4 is 65.5 Å². The third-order valence-corrected chi connectivity index (χ3v) is 6.21. The average molecular weight is 291 g/mol. The zero-order valence-corrected chi connectivity index (χ0v) is 10.9. The molecule has 1 nitrogen and oxygen atoms in total. The van der Waals surface area contributed by atoms with Gasteiger partial charge >= 0.3 is 0 Å². The summed E-state index contributed by atoms with van der Waals surface area (Å²) in [5.41, 5.74) is 0. The van der Waals surface area contributed by atoms with Crippen LogP contribution in [0, 0.1) is 0 Å². The van der Waals surface area contributed by atoms with Crippen LogP contribution < -0.4 is 4.74 Å². The summed E-state index contributed by atoms with van der Waals surface area (Å²) < 4.78 is 0.239. The maximum absolute atomic E-state index is 10.5. The van der Waals surface area contributed by atoms with E-state index in [0.717, 1.165) is 10.3 Å². The van der Waals surface area contributed by atoms with Crippen LogP contribution in [0.15, 0.2) is 16.3 Å². The number of hydrogen-bond acceptors (Lipinski definition) is 5. The number of halogens is 2. The van der Waals surface area contributed by atoms with E-state index in [1.54, 1.807) is 0 Å². The lowest BCUT2D eigenvalue weighted by atomic mass is 10.8. The Bertz CT molecular complexity index is 337. The SMILES string of the molecule is C1=CSSC1.O=c1ssc(Cl)c1Cl. The molecule has 0 radical (unpaired) electrons. The molecule has 72 valence electrons. The van der Waals surface area contributed by atoms with E-state index in [9.17, 15) is 4.79 Å². The molecule has 1 aliphatic rings. The van der Waals surface area contributed by atoms with Gasteiger partial charge in [-0.2, -0.15) is 0 Å². The van der Waals surface area contributed by atoms with Gasteiger partial charge in [-0.25, -0.2) is 0 Å². The quantitative estimate of drug-likeness (QED) is 0.661. The van der Waals surface area contributed by atoms with Gasteiger partial charge < -0.3 is 0 Å². The molecule has 0 saturated carbocycles. The lowest BCUT2D eigenvalue weighted by molar-refractivity contribution is 1.85. The van der Waals surface area contributed by atoms with E-state index in [-0.39, 0.29) is 9.77 Å². The van der Waals surface area contributed by atoms with Crippen molar-refractivity contribution in [2.24, 2.45) is 0 Å². The highest BCUT2D eigenvalue weighted by Gasteiger charge is 2.02. The summed E-state index contributed by atoms with van der Waals surface area (Å²) in [6, 6.07) is 0. The Hall–Kier alpha value is 0.870. The summed E-state index contributed by atoms with van der Waals surface area (Å²) in [4.78, 5) is 10.5. The summed E-state index contributed by atoms with van der Waals surface area (Å²) >= 11 is 10.8. The number of rotatable bonds is 0. The van der Waals surface area contributed by atoms with Crippen LogP contribution in [0.4, 0.5) is 0 Å². The van der Waals surface area contributed by atoms with Gasteiger partial charge in [0, 0.05) is 5.75 Å². The first kappa shape index (κ1) is 11.9. The molecule has 13 heavy (non-hydrogen) atoms. The van der Waals surface area contributed by atoms with Crippen molar-refractivity contribution in [1.29, 1.82) is 0 Å². The van der Waals surface area contributed by atoms with Gasteiger partial charge in [-0.3, -0.25) is 4.79 Å². The first-order valence-corrected chi connectivity index (χ1v) is 8.38. The monoisotopic (exact) mass is 290 g/mol. The Balaban J connectivity index is 0.000000145. The summed E-state index contributed by atoms with van der Waals surface area (Å²) in [6.45, 7) is 0. The van der Waals surface area contributed by atoms with Gasteiger partial charge in [0.25, 0.3) is 4.74 Å². The highest BCUT2D eigenvalue weighted by atomic mass is 35.5. The fourth-order valence-corrected chi connectivity index (χ4v) is 4.43. The van der Waals surface area contributed by atoms with E-state index >= 15 is 0 Å². The van der Waals surface area contributed by atoms with Crippen molar-refractivity contribution in [3.05, 3.63) is 30.4 Å². The highest BCUT2D eigenvalue weighted by Crippen LogP contribution is 2.27. The van der Waals surface area contributed by atoms with E-state index < -0.39 is 0 Å². The molecule has 0 N–H and O–H groups in total. The van der Waals surface area contributed by atoms with Gasteiger partial charge in [0.2, 0.25) is 0 Å². The van der Waals surface area contributed by atoms with Gasteiger partial charge in [-0.1, -0.05) is 61.2 Å². The maximum atomic E-state index is 10.5. The molecule has 0 fully saturated rings. The molecule has 0 unspecified atom stereocenters. The van der Waals surface area contributed by atoms with Crippen molar-refractivity contribution in [3.63, 3.8) is 0 Å². The van der Waals surface area contributed by atoms with Crippen LogP contribution in [0.25, 0.3) is 0 Å². The first-order valence-electron chi connectivity index (χ1n) is 3.09. The Morgan fingerprint density at radius 2 is 2.08 bits per heavy atom. The fourth-order valence-electron chi connectivity index (χ4n) is 0.424. The molecule has 1 aromatic rings. The van der Waals surface area contributed by atoms with Crippen LogP contribution in [-0.2, 0) is 0 Å². The van der Waals surface area contributed by atoms with Crippen molar-refractivity contribution in [2.45, 2.75) is 0 Å². The largest absolute Gasteiger partial charge is 0.275 e. The molecule has 0 saturated heterocycles. The lowest BCUT2D eigenvalue weighted by Crippen LogP contribution is -1.85. The molecule has 0 aliphatic carbocycles. The molecule has 2 heterocycles. The molecule has 1 aromatic heterocycles. The summed E-state index contributed by atoms with van der Waals surface area (Å²) in [6.07, 6.45) is 2.16. The van der Waals surface area contributed by atoms with Crippen LogP contribution in [0.1, 0.15) is 0 Å². The normalized spacial score (nSPS) is 14.0.